The van der Waals surface area contributed by atoms with Crippen molar-refractivity contribution < 1.29 is 27.5 Å². The van der Waals surface area contributed by atoms with E-state index in [2.05, 4.69) is 38.9 Å². The van der Waals surface area contributed by atoms with E-state index < -0.39 is 46.4 Å². The smallest absolute Gasteiger partial charge is 0.305 e. The molecule has 37 heavy (non-hydrogen) atoms. The molecule has 0 bridgehead atoms. The van der Waals surface area contributed by atoms with E-state index in [0.29, 0.717) is 16.9 Å². The average molecular weight is 552 g/mol. The lowest BCUT2D eigenvalue weighted by Gasteiger charge is -2.49. The molecule has 3 atom stereocenters. The van der Waals surface area contributed by atoms with Gasteiger partial charge in [0.25, 0.3) is 0 Å². The number of benzene rings is 1. The van der Waals surface area contributed by atoms with Crippen LogP contribution in [0.15, 0.2) is 28.1 Å². The lowest BCUT2D eigenvalue weighted by atomic mass is 9.72. The molecule has 0 radical (unpaired) electrons. The first-order valence-corrected chi connectivity index (χ1v) is 17.0. The van der Waals surface area contributed by atoms with Crippen LogP contribution in [0.25, 0.3) is 0 Å². The number of carbonyl (C=O) groups is 1. The van der Waals surface area contributed by atoms with Gasteiger partial charge in [-0.1, -0.05) is 41.5 Å². The first kappa shape index (κ1) is 31.2. The summed E-state index contributed by atoms with van der Waals surface area (Å²) in [6.45, 7) is 21.5. The summed E-state index contributed by atoms with van der Waals surface area (Å²) in [6.07, 6.45) is 3.55. The molecule has 0 saturated heterocycles. The molecule has 1 aliphatic heterocycles. The first-order valence-electron chi connectivity index (χ1n) is 12.7. The molecule has 0 aromatic heterocycles. The van der Waals surface area contributed by atoms with Crippen LogP contribution in [0.4, 0.5) is 0 Å². The highest BCUT2D eigenvalue weighted by Crippen LogP contribution is 2.51. The third kappa shape index (κ3) is 5.73. The molecular formula is C28H45NO6SSi. The highest BCUT2D eigenvalue weighted by Gasteiger charge is 2.59. The van der Waals surface area contributed by atoms with E-state index in [9.17, 15) is 18.3 Å². The molecule has 0 aliphatic carbocycles. The molecule has 9 heteroatoms. The lowest BCUT2D eigenvalue weighted by Crippen LogP contribution is -2.57. The van der Waals surface area contributed by atoms with Crippen LogP contribution in [0, 0.1) is 32.1 Å². The first-order chi connectivity index (χ1) is 16.6. The molecule has 0 fully saturated rings. The van der Waals surface area contributed by atoms with Gasteiger partial charge in [0.05, 0.1) is 24.5 Å². The van der Waals surface area contributed by atoms with E-state index in [1.165, 1.54) is 6.21 Å². The summed E-state index contributed by atoms with van der Waals surface area (Å²) in [6, 6.07) is 1.73. The maximum atomic E-state index is 14.8. The minimum absolute atomic E-state index is 0.199. The van der Waals surface area contributed by atoms with E-state index in [1.807, 2.05) is 27.7 Å². The number of rotatable bonds is 9. The fourth-order valence-corrected chi connectivity index (χ4v) is 9.10. The van der Waals surface area contributed by atoms with Gasteiger partial charge in [-0.2, -0.15) is 0 Å². The quantitative estimate of drug-likeness (QED) is 0.364. The Morgan fingerprint density at radius 3 is 2.08 bits per heavy atom. The normalized spacial score (nSPS) is 20.2. The van der Waals surface area contributed by atoms with Crippen molar-refractivity contribution in [2.45, 2.75) is 103 Å². The Bertz CT molecular complexity index is 1190. The number of sulfone groups is 1. The van der Waals surface area contributed by atoms with Crippen LogP contribution in [-0.2, 0) is 19.1 Å². The third-order valence-corrected chi connectivity index (χ3v) is 15.0. The molecule has 7 nitrogen and oxygen atoms in total. The highest BCUT2D eigenvalue weighted by molar-refractivity contribution is 7.93. The van der Waals surface area contributed by atoms with E-state index in [-0.39, 0.29) is 16.4 Å². The summed E-state index contributed by atoms with van der Waals surface area (Å²) in [5, 5.41) is 9.74. The van der Waals surface area contributed by atoms with Crippen molar-refractivity contribution in [3.8, 4) is 5.75 Å². The van der Waals surface area contributed by atoms with Crippen LogP contribution < -0.4 is 4.74 Å². The SMILES string of the molecule is COc1cc(C)c(S(=O)(=O)C2(C(C(CC(=O)O)O[Si](C)(C)C(C)(C)C)C(C)(C)C)C=CC=N2)c(C)c1C. The fraction of sp³-hybridized carbons (Fsp3) is 0.643. The minimum Gasteiger partial charge on any atom is -0.496 e. The van der Waals surface area contributed by atoms with Crippen LogP contribution in [0.1, 0.15) is 64.7 Å². The molecular weight excluding hydrogens is 506 g/mol. The Morgan fingerprint density at radius 2 is 1.68 bits per heavy atom. The predicted octanol–water partition coefficient (Wildman–Crippen LogP) is 6.26. The van der Waals surface area contributed by atoms with Gasteiger partial charge in [0.1, 0.15) is 5.75 Å². The van der Waals surface area contributed by atoms with Gasteiger partial charge < -0.3 is 14.3 Å². The minimum atomic E-state index is -4.16. The maximum absolute atomic E-state index is 14.8. The molecule has 1 aliphatic rings. The second-order valence-electron chi connectivity index (χ2n) is 12.7. The summed E-state index contributed by atoms with van der Waals surface area (Å²) in [5.74, 6) is -1.21. The number of hydrogen-bond donors (Lipinski definition) is 1. The molecule has 208 valence electrons. The van der Waals surface area contributed by atoms with E-state index in [1.54, 1.807) is 39.2 Å². The molecule has 0 amide bonds. The largest absolute Gasteiger partial charge is 0.496 e. The summed E-state index contributed by atoms with van der Waals surface area (Å²) in [5.41, 5.74) is 1.21. The number of nitrogens with zero attached hydrogens (tertiary/aromatic N) is 1. The topological polar surface area (TPSA) is 102 Å². The van der Waals surface area contributed by atoms with Gasteiger partial charge >= 0.3 is 5.97 Å². The number of aliphatic carboxylic acids is 1. The number of aliphatic imine (C=N–C) groups is 1. The monoisotopic (exact) mass is 551 g/mol. The summed E-state index contributed by atoms with van der Waals surface area (Å²) in [7, 11) is -5.09. The second kappa shape index (κ2) is 10.3. The molecule has 0 saturated carbocycles. The molecule has 3 unspecified atom stereocenters. The molecule has 1 N–H and O–H groups in total. The zero-order chi connectivity index (χ0) is 28.8. The molecule has 0 spiro atoms. The van der Waals surface area contributed by atoms with Crippen LogP contribution in [0.2, 0.25) is 18.1 Å². The molecule has 1 aromatic rings. The number of ether oxygens (including phenoxy) is 1. The second-order valence-corrected chi connectivity index (χ2v) is 19.6. The van der Waals surface area contributed by atoms with Gasteiger partial charge in [-0.15, -0.1) is 0 Å². The van der Waals surface area contributed by atoms with Crippen LogP contribution in [0.3, 0.4) is 0 Å². The van der Waals surface area contributed by atoms with Crippen molar-refractivity contribution >= 4 is 30.3 Å². The van der Waals surface area contributed by atoms with E-state index in [4.69, 9.17) is 9.16 Å². The Balaban J connectivity index is 2.92. The van der Waals surface area contributed by atoms with Crippen molar-refractivity contribution in [3.05, 3.63) is 34.9 Å². The number of allylic oxidation sites excluding steroid dienone is 1. The van der Waals surface area contributed by atoms with Crippen molar-refractivity contribution in [3.63, 3.8) is 0 Å². The van der Waals surface area contributed by atoms with E-state index in [0.717, 1.165) is 5.56 Å². The van der Waals surface area contributed by atoms with Crippen molar-refractivity contribution in [1.29, 1.82) is 0 Å². The van der Waals surface area contributed by atoms with Gasteiger partial charge in [0.2, 0.25) is 9.84 Å². The highest BCUT2D eigenvalue weighted by atomic mass is 32.2. The number of carboxylic acid groups (broad SMARTS) is 1. The number of aryl methyl sites for hydroxylation is 1. The van der Waals surface area contributed by atoms with Gasteiger partial charge in [0, 0.05) is 12.1 Å². The van der Waals surface area contributed by atoms with Gasteiger partial charge in [0.15, 0.2) is 13.2 Å². The van der Waals surface area contributed by atoms with Gasteiger partial charge in [-0.3, -0.25) is 9.79 Å². The average Bonchev–Trinajstić information content (AvgIpc) is 3.19. The summed E-state index contributed by atoms with van der Waals surface area (Å²) in [4.78, 5) is 15.3. The molecule has 2 rings (SSSR count). The summed E-state index contributed by atoms with van der Waals surface area (Å²) >= 11 is 0. The Morgan fingerprint density at radius 1 is 1.11 bits per heavy atom. The lowest BCUT2D eigenvalue weighted by molar-refractivity contribution is -0.140. The van der Waals surface area contributed by atoms with Crippen LogP contribution >= 0.6 is 0 Å². The summed E-state index contributed by atoms with van der Waals surface area (Å²) < 4.78 is 41.8. The van der Waals surface area contributed by atoms with Crippen molar-refractivity contribution in [2.24, 2.45) is 16.3 Å². The number of hydrogen-bond acceptors (Lipinski definition) is 6. The van der Waals surface area contributed by atoms with Gasteiger partial charge in [-0.05, 0) is 79.2 Å². The van der Waals surface area contributed by atoms with Crippen LogP contribution in [-0.4, -0.2) is 52.1 Å². The molecule has 1 heterocycles. The predicted molar refractivity (Wildman–Crippen MR) is 152 cm³/mol. The van der Waals surface area contributed by atoms with E-state index >= 15 is 0 Å². The van der Waals surface area contributed by atoms with Crippen molar-refractivity contribution in [1.82, 2.24) is 0 Å². The number of methoxy groups -OCH3 is 1. The number of carboxylic acids is 1. The Kier molecular flexibility index (Phi) is 8.70. The standard InChI is InChI=1S/C28H45NO6SSi/c1-18-16-21(34-10)19(2)20(3)24(18)36(32,33)28(14-13-15-29-28)25(26(4,5)6)22(17-23(30)31)35-37(11,12)27(7,8)9/h13-16,22,25H,17H2,1-12H3,(H,30,31). The maximum Gasteiger partial charge on any atom is 0.305 e. The zero-order valence-corrected chi connectivity index (χ0v) is 26.3. The van der Waals surface area contributed by atoms with Gasteiger partial charge in [-0.25, -0.2) is 8.42 Å². The van der Waals surface area contributed by atoms with Crippen molar-refractivity contribution in [2.75, 3.05) is 7.11 Å². The Labute approximate surface area is 224 Å². The third-order valence-electron chi connectivity index (χ3n) is 7.97. The zero-order valence-electron chi connectivity index (χ0n) is 24.5. The Hall–Kier alpha value is -1.97. The fourth-order valence-electron chi connectivity index (χ4n) is 5.10. The van der Waals surface area contributed by atoms with Crippen LogP contribution in [0.5, 0.6) is 5.75 Å². The molecule has 1 aromatic carbocycles.